The summed E-state index contributed by atoms with van der Waals surface area (Å²) >= 11 is 1.27. The second kappa shape index (κ2) is 7.88. The maximum absolute atomic E-state index is 12.4. The fourth-order valence-corrected chi connectivity index (χ4v) is 3.16. The third kappa shape index (κ3) is 4.24. The standard InChI is InChI=1S/C18H15N5O3S/c1-11(17(24)20-13-5-3-12(10-19)4-6-13)27-18-21-15-8-7-14(23(25)26-2)9-16(15)22-18/h3-9,11H,1-2H3,(H-,20,21,22,24,25)/p+1. The molecule has 0 spiro atoms. The van der Waals surface area contributed by atoms with Crippen molar-refractivity contribution < 1.29 is 14.6 Å². The summed E-state index contributed by atoms with van der Waals surface area (Å²) in [6, 6.07) is 13.6. The number of amides is 1. The molecule has 136 valence electrons. The normalized spacial score (nSPS) is 11.6. The van der Waals surface area contributed by atoms with Gasteiger partial charge in [-0.1, -0.05) is 11.8 Å². The van der Waals surface area contributed by atoms with Gasteiger partial charge in [-0.25, -0.2) is 9.82 Å². The van der Waals surface area contributed by atoms with Crippen LogP contribution in [-0.4, -0.2) is 33.2 Å². The topological polar surface area (TPSA) is 111 Å². The number of imidazole rings is 1. The molecule has 0 radical (unpaired) electrons. The van der Waals surface area contributed by atoms with Crippen LogP contribution in [0.3, 0.4) is 0 Å². The Bertz CT molecular complexity index is 1040. The van der Waals surface area contributed by atoms with E-state index >= 15 is 0 Å². The van der Waals surface area contributed by atoms with E-state index in [2.05, 4.69) is 20.1 Å². The molecule has 2 N–H and O–H groups in total. The van der Waals surface area contributed by atoms with Gasteiger partial charge in [0.25, 0.3) is 4.92 Å². The SMILES string of the molecule is CO[N+](=O)c1ccc2nc(SC(C)C(=O)Nc3ccc(C#N)cc3)[nH]c2c1. The predicted molar refractivity (Wildman–Crippen MR) is 101 cm³/mol. The molecule has 0 aliphatic heterocycles. The van der Waals surface area contributed by atoms with Crippen molar-refractivity contribution in [3.8, 4) is 6.07 Å². The number of nitriles is 1. The number of benzene rings is 2. The Morgan fingerprint density at radius 3 is 2.74 bits per heavy atom. The maximum atomic E-state index is 12.4. The lowest BCUT2D eigenvalue weighted by Gasteiger charge is -2.10. The van der Waals surface area contributed by atoms with Crippen molar-refractivity contribution in [2.45, 2.75) is 17.3 Å². The zero-order valence-electron chi connectivity index (χ0n) is 14.6. The van der Waals surface area contributed by atoms with Crippen molar-refractivity contribution in [1.29, 1.82) is 5.26 Å². The van der Waals surface area contributed by atoms with E-state index in [1.807, 2.05) is 6.07 Å². The number of hydrogen-bond donors (Lipinski definition) is 2. The number of aromatic nitrogens is 2. The molecule has 0 fully saturated rings. The Morgan fingerprint density at radius 1 is 1.33 bits per heavy atom. The lowest BCUT2D eigenvalue weighted by Crippen LogP contribution is -2.22. The molecule has 1 atom stereocenters. The highest BCUT2D eigenvalue weighted by atomic mass is 32.2. The van der Waals surface area contributed by atoms with Gasteiger partial charge in [0.15, 0.2) is 12.3 Å². The zero-order chi connectivity index (χ0) is 19.4. The van der Waals surface area contributed by atoms with E-state index in [1.54, 1.807) is 49.4 Å². The molecule has 27 heavy (non-hydrogen) atoms. The first-order valence-electron chi connectivity index (χ1n) is 7.99. The molecule has 0 aliphatic carbocycles. The van der Waals surface area contributed by atoms with Crippen LogP contribution in [0.5, 0.6) is 0 Å². The van der Waals surface area contributed by atoms with Crippen molar-refractivity contribution >= 4 is 40.1 Å². The molecule has 2 aromatic carbocycles. The number of carbonyl (C=O) groups excluding carboxylic acids is 1. The van der Waals surface area contributed by atoms with Gasteiger partial charge in [-0.15, -0.1) is 0 Å². The van der Waals surface area contributed by atoms with E-state index < -0.39 is 5.25 Å². The minimum Gasteiger partial charge on any atom is -0.333 e. The van der Waals surface area contributed by atoms with Gasteiger partial charge >= 0.3 is 5.69 Å². The van der Waals surface area contributed by atoms with Crippen LogP contribution in [0.25, 0.3) is 11.0 Å². The van der Waals surface area contributed by atoms with Crippen molar-refractivity contribution in [3.63, 3.8) is 0 Å². The Morgan fingerprint density at radius 2 is 2.07 bits per heavy atom. The summed E-state index contributed by atoms with van der Waals surface area (Å²) in [5.74, 6) is -0.184. The molecule has 1 aromatic heterocycles. The molecule has 0 bridgehead atoms. The number of nitrogens with one attached hydrogen (secondary N) is 2. The molecule has 1 heterocycles. The minimum atomic E-state index is -0.407. The van der Waals surface area contributed by atoms with Crippen LogP contribution in [0.15, 0.2) is 47.6 Å². The van der Waals surface area contributed by atoms with Gasteiger partial charge in [-0.3, -0.25) is 4.79 Å². The molecule has 1 unspecified atom stereocenters. The third-order valence-corrected chi connectivity index (χ3v) is 4.74. The monoisotopic (exact) mass is 382 g/mol. The first kappa shape index (κ1) is 18.4. The molecule has 0 saturated heterocycles. The molecule has 3 aromatic rings. The van der Waals surface area contributed by atoms with E-state index in [0.29, 0.717) is 38.1 Å². The second-order valence-electron chi connectivity index (χ2n) is 5.62. The van der Waals surface area contributed by atoms with Crippen LogP contribution in [0.2, 0.25) is 0 Å². The van der Waals surface area contributed by atoms with Gasteiger partial charge in [0, 0.05) is 17.8 Å². The van der Waals surface area contributed by atoms with Gasteiger partial charge in [-0.2, -0.15) is 5.26 Å². The fraction of sp³-hybridized carbons (Fsp3) is 0.167. The van der Waals surface area contributed by atoms with Crippen molar-refractivity contribution in [2.75, 3.05) is 12.4 Å². The fourth-order valence-electron chi connectivity index (χ4n) is 2.34. The van der Waals surface area contributed by atoms with Gasteiger partial charge in [0.1, 0.15) is 0 Å². The van der Waals surface area contributed by atoms with Crippen LogP contribution in [-0.2, 0) is 9.63 Å². The summed E-state index contributed by atoms with van der Waals surface area (Å²) in [7, 11) is 1.29. The van der Waals surface area contributed by atoms with Gasteiger partial charge in [-0.05, 0) is 37.3 Å². The lowest BCUT2D eigenvalue weighted by molar-refractivity contribution is -0.736. The van der Waals surface area contributed by atoms with Crippen LogP contribution in [0.1, 0.15) is 12.5 Å². The predicted octanol–water partition coefficient (Wildman–Crippen LogP) is 3.53. The first-order valence-corrected chi connectivity index (χ1v) is 8.87. The number of nitrogens with zero attached hydrogens (tertiary/aromatic N) is 3. The highest BCUT2D eigenvalue weighted by Crippen LogP contribution is 2.26. The van der Waals surface area contributed by atoms with Crippen molar-refractivity contribution in [3.05, 3.63) is 52.9 Å². The van der Waals surface area contributed by atoms with Crippen LogP contribution in [0, 0.1) is 16.2 Å². The summed E-state index contributed by atoms with van der Waals surface area (Å²) in [5.41, 5.74) is 2.85. The number of thioether (sulfide) groups is 1. The molecule has 0 aliphatic rings. The maximum Gasteiger partial charge on any atom is 0.318 e. The van der Waals surface area contributed by atoms with E-state index in [-0.39, 0.29) is 5.91 Å². The molecule has 0 saturated carbocycles. The molecular weight excluding hydrogens is 366 g/mol. The van der Waals surface area contributed by atoms with Crippen LogP contribution < -0.4 is 5.32 Å². The number of rotatable bonds is 6. The number of anilines is 1. The Hall–Kier alpha value is -3.38. The summed E-state index contributed by atoms with van der Waals surface area (Å²) in [5, 5.41) is 11.8. The van der Waals surface area contributed by atoms with Crippen LogP contribution in [0.4, 0.5) is 11.4 Å². The van der Waals surface area contributed by atoms with E-state index in [1.165, 1.54) is 18.9 Å². The lowest BCUT2D eigenvalue weighted by atomic mass is 10.2. The van der Waals surface area contributed by atoms with Gasteiger partial charge in [0.2, 0.25) is 5.91 Å². The molecule has 1 amide bonds. The Kier molecular flexibility index (Phi) is 5.38. The number of aromatic amines is 1. The largest absolute Gasteiger partial charge is 0.333 e. The molecule has 8 nitrogen and oxygen atoms in total. The van der Waals surface area contributed by atoms with E-state index in [0.717, 1.165) is 0 Å². The average molecular weight is 382 g/mol. The quantitative estimate of drug-likeness (QED) is 0.498. The number of hydrogen-bond acceptors (Lipinski definition) is 6. The molecule has 9 heteroatoms. The summed E-state index contributed by atoms with van der Waals surface area (Å²) in [6.07, 6.45) is 0. The Labute approximate surface area is 159 Å². The second-order valence-corrected chi connectivity index (χ2v) is 6.95. The average Bonchev–Trinajstić information content (AvgIpc) is 3.09. The van der Waals surface area contributed by atoms with E-state index in [9.17, 15) is 9.70 Å². The number of H-pyrrole nitrogens is 1. The summed E-state index contributed by atoms with van der Waals surface area (Å²) in [6.45, 7) is 1.77. The smallest absolute Gasteiger partial charge is 0.318 e. The van der Waals surface area contributed by atoms with Gasteiger partial charge < -0.3 is 10.3 Å². The first-order chi connectivity index (χ1) is 13.0. The van der Waals surface area contributed by atoms with Gasteiger partial charge in [0.05, 0.1) is 32.8 Å². The Balaban J connectivity index is 1.69. The number of carbonyl (C=O) groups is 1. The zero-order valence-corrected chi connectivity index (χ0v) is 15.4. The number of fused-ring (bicyclic) bond motifs is 1. The van der Waals surface area contributed by atoms with Crippen molar-refractivity contribution in [2.24, 2.45) is 0 Å². The highest BCUT2D eigenvalue weighted by molar-refractivity contribution is 8.00. The molecular formula is C18H16N5O3S+. The van der Waals surface area contributed by atoms with Crippen LogP contribution >= 0.6 is 11.8 Å². The highest BCUT2D eigenvalue weighted by Gasteiger charge is 2.19. The molecule has 3 rings (SSSR count). The van der Waals surface area contributed by atoms with E-state index in [4.69, 9.17) is 5.26 Å². The third-order valence-electron chi connectivity index (χ3n) is 3.76. The van der Waals surface area contributed by atoms with Crippen molar-refractivity contribution in [1.82, 2.24) is 9.97 Å². The summed E-state index contributed by atoms with van der Waals surface area (Å²) in [4.78, 5) is 36.4. The summed E-state index contributed by atoms with van der Waals surface area (Å²) < 4.78 is 0. The minimum absolute atomic E-state index is 0.184.